The first-order valence-corrected chi connectivity index (χ1v) is 9.81. The minimum atomic E-state index is -0.411. The molecule has 3 aliphatic rings. The Kier molecular flexibility index (Phi) is 5.04. The zero-order valence-corrected chi connectivity index (χ0v) is 15.9. The molecule has 3 fully saturated rings. The molecule has 0 N–H and O–H groups in total. The number of pyridine rings is 1. The van der Waals surface area contributed by atoms with Crippen molar-refractivity contribution in [2.75, 3.05) is 40.0 Å². The smallest absolute Gasteiger partial charge is 0.255 e. The molecule has 0 aliphatic carbocycles. The summed E-state index contributed by atoms with van der Waals surface area (Å²) in [5.74, 6) is 0.667. The second-order valence-corrected chi connectivity index (χ2v) is 7.79. The molecular weight excluding hydrogens is 346 g/mol. The summed E-state index contributed by atoms with van der Waals surface area (Å²) in [4.78, 5) is 34.2. The molecule has 0 radical (unpaired) electrons. The molecular formula is C20H27N3O4. The van der Waals surface area contributed by atoms with E-state index in [2.05, 4.69) is 9.88 Å². The highest BCUT2D eigenvalue weighted by molar-refractivity contribution is 5.95. The highest BCUT2D eigenvalue weighted by atomic mass is 16.5. The molecule has 3 saturated heterocycles. The number of piperidine rings is 1. The Morgan fingerprint density at radius 2 is 2.07 bits per heavy atom. The molecule has 0 aromatic carbocycles. The molecule has 1 aromatic rings. The van der Waals surface area contributed by atoms with Crippen molar-refractivity contribution in [2.45, 2.75) is 38.1 Å². The fraction of sp³-hybridized carbons (Fsp3) is 0.650. The molecule has 0 bridgehead atoms. The van der Waals surface area contributed by atoms with Gasteiger partial charge in [0.25, 0.3) is 5.91 Å². The molecule has 2 amide bonds. The van der Waals surface area contributed by atoms with E-state index in [0.29, 0.717) is 30.6 Å². The van der Waals surface area contributed by atoms with Crippen molar-refractivity contribution >= 4 is 11.8 Å². The number of hydrogen-bond acceptors (Lipinski definition) is 5. The zero-order chi connectivity index (χ0) is 18.9. The summed E-state index contributed by atoms with van der Waals surface area (Å²) < 4.78 is 10.5. The number of amides is 2. The van der Waals surface area contributed by atoms with Crippen LogP contribution in [0.15, 0.2) is 18.3 Å². The molecule has 7 heteroatoms. The Morgan fingerprint density at radius 1 is 1.26 bits per heavy atom. The summed E-state index contributed by atoms with van der Waals surface area (Å²) >= 11 is 0. The second kappa shape index (κ2) is 7.46. The summed E-state index contributed by atoms with van der Waals surface area (Å²) in [7, 11) is 1.55. The van der Waals surface area contributed by atoms with Crippen LogP contribution in [0.4, 0.5) is 0 Å². The Labute approximate surface area is 159 Å². The van der Waals surface area contributed by atoms with Crippen LogP contribution >= 0.6 is 0 Å². The minimum Gasteiger partial charge on any atom is -0.481 e. The van der Waals surface area contributed by atoms with Crippen LogP contribution in [-0.4, -0.2) is 72.6 Å². The van der Waals surface area contributed by atoms with Gasteiger partial charge in [-0.15, -0.1) is 0 Å². The van der Waals surface area contributed by atoms with Crippen molar-refractivity contribution in [3.63, 3.8) is 0 Å². The van der Waals surface area contributed by atoms with E-state index in [1.807, 2.05) is 4.90 Å². The number of ether oxygens (including phenoxy) is 2. The second-order valence-electron chi connectivity index (χ2n) is 7.79. The first-order valence-electron chi connectivity index (χ1n) is 9.81. The number of rotatable bonds is 3. The Hall–Kier alpha value is -2.15. The van der Waals surface area contributed by atoms with Gasteiger partial charge in [0.05, 0.1) is 18.1 Å². The first-order chi connectivity index (χ1) is 13.1. The van der Waals surface area contributed by atoms with Gasteiger partial charge in [0.15, 0.2) is 0 Å². The number of methoxy groups -OCH3 is 1. The molecule has 1 aromatic heterocycles. The van der Waals surface area contributed by atoms with Crippen LogP contribution < -0.4 is 4.74 Å². The lowest BCUT2D eigenvalue weighted by molar-refractivity contribution is -0.150. The van der Waals surface area contributed by atoms with E-state index in [1.54, 1.807) is 25.4 Å². The van der Waals surface area contributed by atoms with Gasteiger partial charge >= 0.3 is 0 Å². The van der Waals surface area contributed by atoms with Crippen LogP contribution in [0.3, 0.4) is 0 Å². The zero-order valence-electron chi connectivity index (χ0n) is 15.9. The number of carbonyl (C=O) groups is 2. The largest absolute Gasteiger partial charge is 0.481 e. The van der Waals surface area contributed by atoms with Gasteiger partial charge in [0, 0.05) is 51.2 Å². The lowest BCUT2D eigenvalue weighted by Gasteiger charge is -2.44. The predicted molar refractivity (Wildman–Crippen MR) is 98.5 cm³/mol. The Morgan fingerprint density at radius 3 is 2.78 bits per heavy atom. The highest BCUT2D eigenvalue weighted by Gasteiger charge is 2.50. The molecule has 1 atom stereocenters. The topological polar surface area (TPSA) is 72.0 Å². The van der Waals surface area contributed by atoms with Crippen LogP contribution in [0.25, 0.3) is 0 Å². The average molecular weight is 373 g/mol. The van der Waals surface area contributed by atoms with E-state index in [-0.39, 0.29) is 11.8 Å². The maximum Gasteiger partial charge on any atom is 0.255 e. The summed E-state index contributed by atoms with van der Waals surface area (Å²) in [6, 6.07) is 3.72. The van der Waals surface area contributed by atoms with Gasteiger partial charge in [-0.3, -0.25) is 9.59 Å². The molecule has 1 spiro atoms. The van der Waals surface area contributed by atoms with E-state index in [9.17, 15) is 9.59 Å². The monoisotopic (exact) mass is 373 g/mol. The average Bonchev–Trinajstić information content (AvgIpc) is 3.15. The highest BCUT2D eigenvalue weighted by Crippen LogP contribution is 2.41. The van der Waals surface area contributed by atoms with Gasteiger partial charge in [-0.1, -0.05) is 0 Å². The number of hydrogen-bond donors (Lipinski definition) is 0. The third kappa shape index (κ3) is 3.40. The minimum absolute atomic E-state index is 0.0574. The van der Waals surface area contributed by atoms with E-state index < -0.39 is 5.41 Å². The molecule has 0 saturated carbocycles. The van der Waals surface area contributed by atoms with Gasteiger partial charge in [0.2, 0.25) is 11.8 Å². The molecule has 3 aliphatic heterocycles. The first kappa shape index (κ1) is 18.2. The van der Waals surface area contributed by atoms with Crippen LogP contribution in [0, 0.1) is 5.41 Å². The van der Waals surface area contributed by atoms with Crippen molar-refractivity contribution in [3.8, 4) is 5.88 Å². The number of nitrogens with zero attached hydrogens (tertiary/aromatic N) is 3. The van der Waals surface area contributed by atoms with Gasteiger partial charge in [-0.05, 0) is 38.2 Å². The maximum absolute atomic E-state index is 13.4. The maximum atomic E-state index is 13.4. The SMILES string of the molecule is COc1ccc(C(=O)N2CC[C@]3(CCCN(C4CCOCC4)C3=O)C2)cn1. The number of aromatic nitrogens is 1. The third-order valence-electron chi connectivity index (χ3n) is 6.23. The van der Waals surface area contributed by atoms with E-state index in [1.165, 1.54) is 0 Å². The van der Waals surface area contributed by atoms with Crippen molar-refractivity contribution in [3.05, 3.63) is 23.9 Å². The lowest BCUT2D eigenvalue weighted by atomic mass is 9.77. The lowest BCUT2D eigenvalue weighted by Crippen LogP contribution is -2.55. The van der Waals surface area contributed by atoms with E-state index in [4.69, 9.17) is 9.47 Å². The van der Waals surface area contributed by atoms with Crippen molar-refractivity contribution in [1.82, 2.24) is 14.8 Å². The van der Waals surface area contributed by atoms with Crippen LogP contribution in [0.5, 0.6) is 5.88 Å². The van der Waals surface area contributed by atoms with Crippen LogP contribution in [-0.2, 0) is 9.53 Å². The van der Waals surface area contributed by atoms with Gasteiger partial charge in [-0.25, -0.2) is 4.98 Å². The summed E-state index contributed by atoms with van der Waals surface area (Å²) in [6.07, 6.45) is 6.01. The van der Waals surface area contributed by atoms with Crippen LogP contribution in [0.1, 0.15) is 42.5 Å². The summed E-state index contributed by atoms with van der Waals surface area (Å²) in [5, 5.41) is 0. The Balaban J connectivity index is 1.46. The summed E-state index contributed by atoms with van der Waals surface area (Å²) in [6.45, 7) is 3.43. The molecule has 146 valence electrons. The Bertz CT molecular complexity index is 702. The molecule has 7 nitrogen and oxygen atoms in total. The van der Waals surface area contributed by atoms with E-state index >= 15 is 0 Å². The van der Waals surface area contributed by atoms with Crippen molar-refractivity contribution in [2.24, 2.45) is 5.41 Å². The van der Waals surface area contributed by atoms with Crippen LogP contribution in [0.2, 0.25) is 0 Å². The number of carbonyl (C=O) groups excluding carboxylic acids is 2. The predicted octanol–water partition coefficient (Wildman–Crippen LogP) is 1.72. The fourth-order valence-electron chi connectivity index (χ4n) is 4.68. The quantitative estimate of drug-likeness (QED) is 0.807. The summed E-state index contributed by atoms with van der Waals surface area (Å²) in [5.41, 5.74) is 0.129. The van der Waals surface area contributed by atoms with Gasteiger partial charge in [0.1, 0.15) is 0 Å². The third-order valence-corrected chi connectivity index (χ3v) is 6.23. The molecule has 27 heavy (non-hydrogen) atoms. The van der Waals surface area contributed by atoms with Crippen molar-refractivity contribution in [1.29, 1.82) is 0 Å². The molecule has 0 unspecified atom stereocenters. The number of likely N-dealkylation sites (tertiary alicyclic amines) is 2. The van der Waals surface area contributed by atoms with Gasteiger partial charge in [-0.2, -0.15) is 0 Å². The fourth-order valence-corrected chi connectivity index (χ4v) is 4.68. The molecule has 4 heterocycles. The van der Waals surface area contributed by atoms with E-state index in [0.717, 1.165) is 51.9 Å². The normalized spacial score (nSPS) is 26.6. The van der Waals surface area contributed by atoms with Crippen molar-refractivity contribution < 1.29 is 19.1 Å². The molecule has 4 rings (SSSR count). The standard InChI is InChI=1S/C20H27N3O4/c1-26-17-4-3-15(13-21-17)18(24)22-10-8-20(14-22)7-2-9-23(19(20)25)16-5-11-27-12-6-16/h3-4,13,16H,2,5-12,14H2,1H3/t20-/m1/s1. The van der Waals surface area contributed by atoms with Gasteiger partial charge < -0.3 is 19.3 Å².